The smallest absolute Gasteiger partial charge is 0.242 e. The van der Waals surface area contributed by atoms with E-state index in [0.717, 1.165) is 17.7 Å². The van der Waals surface area contributed by atoms with Crippen molar-refractivity contribution in [3.63, 3.8) is 0 Å². The zero-order chi connectivity index (χ0) is 17.9. The lowest BCUT2D eigenvalue weighted by atomic mass is 10.1. The minimum Gasteiger partial charge on any atom is -0.497 e. The van der Waals surface area contributed by atoms with E-state index in [1.165, 1.54) is 0 Å². The van der Waals surface area contributed by atoms with Crippen LogP contribution >= 0.6 is 0 Å². The molecule has 2 amide bonds. The lowest BCUT2D eigenvalue weighted by molar-refractivity contribution is -0.140. The summed E-state index contributed by atoms with van der Waals surface area (Å²) in [6.45, 7) is 4.96. The fourth-order valence-electron chi connectivity index (χ4n) is 2.29. The summed E-state index contributed by atoms with van der Waals surface area (Å²) in [6, 6.07) is 6.96. The fraction of sp³-hybridized carbons (Fsp3) is 0.556. The van der Waals surface area contributed by atoms with Crippen molar-refractivity contribution in [2.75, 3.05) is 27.4 Å². The molecule has 0 bridgehead atoms. The molecule has 0 radical (unpaired) electrons. The molecule has 6 heteroatoms. The van der Waals surface area contributed by atoms with Crippen LogP contribution in [0.5, 0.6) is 5.75 Å². The second-order valence-corrected chi connectivity index (χ2v) is 5.58. The van der Waals surface area contributed by atoms with Crippen LogP contribution in [0.15, 0.2) is 24.3 Å². The highest BCUT2D eigenvalue weighted by molar-refractivity contribution is 5.87. The normalized spacial score (nSPS) is 11.7. The van der Waals surface area contributed by atoms with Gasteiger partial charge in [-0.1, -0.05) is 19.1 Å². The van der Waals surface area contributed by atoms with Gasteiger partial charge in [-0.05, 0) is 31.0 Å². The number of nitrogens with one attached hydrogen (secondary N) is 1. The molecule has 0 saturated carbocycles. The first-order valence-corrected chi connectivity index (χ1v) is 8.22. The first kappa shape index (κ1) is 20.0. The van der Waals surface area contributed by atoms with Crippen LogP contribution in [0.4, 0.5) is 0 Å². The first-order chi connectivity index (χ1) is 11.5. The highest BCUT2D eigenvalue weighted by Gasteiger charge is 2.25. The van der Waals surface area contributed by atoms with Gasteiger partial charge in [-0.2, -0.15) is 0 Å². The summed E-state index contributed by atoms with van der Waals surface area (Å²) in [6.07, 6.45) is 1.17. The molecule has 1 aromatic rings. The van der Waals surface area contributed by atoms with Crippen molar-refractivity contribution in [1.82, 2.24) is 10.2 Å². The number of nitrogens with zero attached hydrogens (tertiary/aromatic N) is 1. The van der Waals surface area contributed by atoms with Crippen LogP contribution in [0, 0.1) is 0 Å². The summed E-state index contributed by atoms with van der Waals surface area (Å²) in [7, 11) is 3.19. The van der Waals surface area contributed by atoms with Crippen molar-refractivity contribution in [2.24, 2.45) is 0 Å². The van der Waals surface area contributed by atoms with Gasteiger partial charge in [0.2, 0.25) is 11.8 Å². The van der Waals surface area contributed by atoms with Crippen molar-refractivity contribution in [1.29, 1.82) is 0 Å². The molecule has 6 nitrogen and oxygen atoms in total. The second kappa shape index (κ2) is 10.6. The Morgan fingerprint density at radius 3 is 2.42 bits per heavy atom. The average molecular weight is 336 g/mol. The van der Waals surface area contributed by atoms with Crippen molar-refractivity contribution in [3.05, 3.63) is 29.8 Å². The summed E-state index contributed by atoms with van der Waals surface area (Å²) in [5.41, 5.74) is 0.955. The van der Waals surface area contributed by atoms with E-state index in [1.54, 1.807) is 26.0 Å². The predicted molar refractivity (Wildman–Crippen MR) is 92.8 cm³/mol. The van der Waals surface area contributed by atoms with Crippen LogP contribution in [0.2, 0.25) is 0 Å². The zero-order valence-electron chi connectivity index (χ0n) is 15.0. The maximum Gasteiger partial charge on any atom is 0.242 e. The molecule has 0 aliphatic rings. The van der Waals surface area contributed by atoms with E-state index in [1.807, 2.05) is 31.2 Å². The molecule has 0 fully saturated rings. The molecule has 134 valence electrons. The summed E-state index contributed by atoms with van der Waals surface area (Å²) in [5.74, 6) is 0.559. The number of carbonyl (C=O) groups excluding carboxylic acids is 2. The number of rotatable bonds is 10. The van der Waals surface area contributed by atoms with E-state index in [4.69, 9.17) is 9.47 Å². The summed E-state index contributed by atoms with van der Waals surface area (Å²) in [5, 5.41) is 2.79. The van der Waals surface area contributed by atoms with E-state index in [-0.39, 0.29) is 11.8 Å². The highest BCUT2D eigenvalue weighted by atomic mass is 16.5. The number of carbonyl (C=O) groups is 2. The van der Waals surface area contributed by atoms with E-state index >= 15 is 0 Å². The third-order valence-electron chi connectivity index (χ3n) is 3.75. The zero-order valence-corrected chi connectivity index (χ0v) is 15.0. The molecular formula is C18H28N2O4. The first-order valence-electron chi connectivity index (χ1n) is 8.22. The quantitative estimate of drug-likeness (QED) is 0.663. The molecular weight excluding hydrogens is 308 g/mol. The summed E-state index contributed by atoms with van der Waals surface area (Å²) >= 11 is 0. The Bertz CT molecular complexity index is 516. The molecule has 0 aliphatic heterocycles. The van der Waals surface area contributed by atoms with Crippen LogP contribution in [0.3, 0.4) is 0 Å². The predicted octanol–water partition coefficient (Wildman–Crippen LogP) is 1.97. The second-order valence-electron chi connectivity index (χ2n) is 5.58. The van der Waals surface area contributed by atoms with E-state index in [9.17, 15) is 9.59 Å². The molecule has 0 spiro atoms. The van der Waals surface area contributed by atoms with Crippen molar-refractivity contribution in [3.8, 4) is 5.75 Å². The fourth-order valence-corrected chi connectivity index (χ4v) is 2.29. The SMILES string of the molecule is CCCC(=O)N(Cc1ccc(OC)cc1)C(C)C(=O)NCCOC. The Labute approximate surface area is 144 Å². The Morgan fingerprint density at radius 1 is 1.21 bits per heavy atom. The lowest BCUT2D eigenvalue weighted by Gasteiger charge is -2.28. The Kier molecular flexibility index (Phi) is 8.86. The minimum atomic E-state index is -0.539. The largest absolute Gasteiger partial charge is 0.497 e. The van der Waals surface area contributed by atoms with Crippen LogP contribution in [-0.4, -0.2) is 50.1 Å². The number of methoxy groups -OCH3 is 2. The van der Waals surface area contributed by atoms with Gasteiger partial charge >= 0.3 is 0 Å². The van der Waals surface area contributed by atoms with Crippen LogP contribution < -0.4 is 10.1 Å². The van der Waals surface area contributed by atoms with Gasteiger partial charge in [-0.3, -0.25) is 9.59 Å². The summed E-state index contributed by atoms with van der Waals surface area (Å²) < 4.78 is 10.1. The Hall–Kier alpha value is -2.08. The third-order valence-corrected chi connectivity index (χ3v) is 3.75. The number of hydrogen-bond acceptors (Lipinski definition) is 4. The molecule has 0 saturated heterocycles. The average Bonchev–Trinajstić information content (AvgIpc) is 2.59. The Balaban J connectivity index is 2.81. The number of benzene rings is 1. The van der Waals surface area contributed by atoms with Gasteiger partial charge < -0.3 is 19.7 Å². The molecule has 1 unspecified atom stereocenters. The van der Waals surface area contributed by atoms with Crippen molar-refractivity contribution >= 4 is 11.8 Å². The molecule has 1 atom stereocenters. The maximum absolute atomic E-state index is 12.4. The van der Waals surface area contributed by atoms with Gasteiger partial charge in [0.1, 0.15) is 11.8 Å². The Morgan fingerprint density at radius 2 is 1.88 bits per heavy atom. The van der Waals surface area contributed by atoms with Crippen molar-refractivity contribution in [2.45, 2.75) is 39.3 Å². The van der Waals surface area contributed by atoms with Crippen LogP contribution in [0.25, 0.3) is 0 Å². The lowest BCUT2D eigenvalue weighted by Crippen LogP contribution is -2.48. The molecule has 0 aromatic heterocycles. The maximum atomic E-state index is 12.4. The van der Waals surface area contributed by atoms with E-state index in [0.29, 0.717) is 26.1 Å². The molecule has 0 heterocycles. The molecule has 24 heavy (non-hydrogen) atoms. The van der Waals surface area contributed by atoms with Gasteiger partial charge in [0, 0.05) is 26.6 Å². The topological polar surface area (TPSA) is 67.9 Å². The van der Waals surface area contributed by atoms with Gasteiger partial charge in [-0.15, -0.1) is 0 Å². The third kappa shape index (κ3) is 6.20. The number of hydrogen-bond donors (Lipinski definition) is 1. The molecule has 0 aliphatic carbocycles. The van der Waals surface area contributed by atoms with Gasteiger partial charge in [0.05, 0.1) is 13.7 Å². The minimum absolute atomic E-state index is 0.0253. The molecule has 1 N–H and O–H groups in total. The van der Waals surface area contributed by atoms with Gasteiger partial charge in [0.15, 0.2) is 0 Å². The van der Waals surface area contributed by atoms with Gasteiger partial charge in [-0.25, -0.2) is 0 Å². The highest BCUT2D eigenvalue weighted by Crippen LogP contribution is 2.15. The standard InChI is InChI=1S/C18H28N2O4/c1-5-6-17(21)20(14(2)18(22)19-11-12-23-3)13-15-7-9-16(24-4)10-8-15/h7-10,14H,5-6,11-13H2,1-4H3,(H,19,22). The van der Waals surface area contributed by atoms with Gasteiger partial charge in [0.25, 0.3) is 0 Å². The molecule has 1 rings (SSSR count). The molecule has 1 aromatic carbocycles. The monoisotopic (exact) mass is 336 g/mol. The number of ether oxygens (including phenoxy) is 2. The number of amides is 2. The van der Waals surface area contributed by atoms with E-state index < -0.39 is 6.04 Å². The summed E-state index contributed by atoms with van der Waals surface area (Å²) in [4.78, 5) is 26.3. The van der Waals surface area contributed by atoms with Crippen LogP contribution in [-0.2, 0) is 20.9 Å². The van der Waals surface area contributed by atoms with E-state index in [2.05, 4.69) is 5.32 Å². The van der Waals surface area contributed by atoms with Crippen molar-refractivity contribution < 1.29 is 19.1 Å². The van der Waals surface area contributed by atoms with Crippen LogP contribution in [0.1, 0.15) is 32.3 Å².